The predicted molar refractivity (Wildman–Crippen MR) is 113 cm³/mol. The Hall–Kier alpha value is -2.41. The van der Waals surface area contributed by atoms with Crippen molar-refractivity contribution in [3.63, 3.8) is 0 Å². The Morgan fingerprint density at radius 2 is 1.59 bits per heavy atom. The lowest BCUT2D eigenvalue weighted by molar-refractivity contribution is -0.138. The number of benzene rings is 1. The van der Waals surface area contributed by atoms with Gasteiger partial charge in [-0.15, -0.1) is 0 Å². The summed E-state index contributed by atoms with van der Waals surface area (Å²) in [5.41, 5.74) is 0.397. The molecule has 0 spiro atoms. The number of hydrogen-bond acceptors (Lipinski definition) is 4. The third kappa shape index (κ3) is 6.03. The van der Waals surface area contributed by atoms with Crippen molar-refractivity contribution >= 4 is 17.8 Å². The number of amides is 4. The average Bonchev–Trinajstić information content (AvgIpc) is 2.71. The third-order valence-corrected chi connectivity index (χ3v) is 5.47. The molecular formula is C22H34N4O3. The van der Waals surface area contributed by atoms with Crippen LogP contribution in [-0.2, 0) is 15.0 Å². The van der Waals surface area contributed by atoms with Gasteiger partial charge in [-0.1, -0.05) is 44.2 Å². The van der Waals surface area contributed by atoms with E-state index in [0.717, 1.165) is 5.56 Å². The van der Waals surface area contributed by atoms with Crippen molar-refractivity contribution in [2.45, 2.75) is 46.1 Å². The first-order chi connectivity index (χ1) is 13.6. The number of imide groups is 1. The van der Waals surface area contributed by atoms with E-state index in [0.29, 0.717) is 38.6 Å². The minimum Gasteiger partial charge on any atom is -0.339 e. The van der Waals surface area contributed by atoms with Crippen LogP contribution in [0.15, 0.2) is 30.3 Å². The molecule has 1 aromatic rings. The smallest absolute Gasteiger partial charge is 0.321 e. The van der Waals surface area contributed by atoms with Gasteiger partial charge in [0.1, 0.15) is 0 Å². The number of piperazine rings is 1. The van der Waals surface area contributed by atoms with E-state index in [4.69, 9.17) is 0 Å². The Morgan fingerprint density at radius 1 is 1.00 bits per heavy atom. The van der Waals surface area contributed by atoms with Gasteiger partial charge in [0.15, 0.2) is 0 Å². The fourth-order valence-electron chi connectivity index (χ4n) is 3.41. The summed E-state index contributed by atoms with van der Waals surface area (Å²) in [4.78, 5) is 41.1. The molecule has 1 aliphatic heterocycles. The standard InChI is InChI=1S/C22H34N4O3/c1-16(2)15-23-21(29)24-19(27)17(3)25-11-13-26(14-12-25)20(28)22(4,5)18-9-7-6-8-10-18/h6-10,16-17H,11-15H2,1-5H3,(H2,23,24,27,29). The topological polar surface area (TPSA) is 81.8 Å². The monoisotopic (exact) mass is 402 g/mol. The van der Waals surface area contributed by atoms with Gasteiger partial charge in [0.2, 0.25) is 11.8 Å². The average molecular weight is 403 g/mol. The molecule has 1 aromatic carbocycles. The molecule has 1 unspecified atom stereocenters. The zero-order valence-electron chi connectivity index (χ0n) is 18.2. The Labute approximate surface area is 173 Å². The molecule has 0 radical (unpaired) electrons. The summed E-state index contributed by atoms with van der Waals surface area (Å²) in [6.07, 6.45) is 0. The van der Waals surface area contributed by atoms with Crippen LogP contribution in [-0.4, -0.2) is 66.4 Å². The summed E-state index contributed by atoms with van der Waals surface area (Å²) >= 11 is 0. The molecule has 0 aromatic heterocycles. The molecule has 29 heavy (non-hydrogen) atoms. The highest BCUT2D eigenvalue weighted by atomic mass is 16.2. The molecule has 2 N–H and O–H groups in total. The number of rotatable bonds is 6. The van der Waals surface area contributed by atoms with E-state index in [-0.39, 0.29) is 11.8 Å². The molecule has 1 fully saturated rings. The van der Waals surface area contributed by atoms with Crippen molar-refractivity contribution in [2.75, 3.05) is 32.7 Å². The number of nitrogens with one attached hydrogen (secondary N) is 2. The Balaban J connectivity index is 1.87. The number of hydrogen-bond donors (Lipinski definition) is 2. The molecular weight excluding hydrogens is 368 g/mol. The van der Waals surface area contributed by atoms with E-state index in [1.807, 2.05) is 67.8 Å². The largest absolute Gasteiger partial charge is 0.339 e. The summed E-state index contributed by atoms with van der Waals surface area (Å²) in [6, 6.07) is 8.89. The summed E-state index contributed by atoms with van der Waals surface area (Å²) in [6.45, 7) is 12.5. The predicted octanol–water partition coefficient (Wildman–Crippen LogP) is 1.98. The summed E-state index contributed by atoms with van der Waals surface area (Å²) in [5, 5.41) is 5.08. The lowest BCUT2D eigenvalue weighted by atomic mass is 9.83. The van der Waals surface area contributed by atoms with Crippen LogP contribution in [0.1, 0.15) is 40.2 Å². The van der Waals surface area contributed by atoms with Gasteiger partial charge in [-0.25, -0.2) is 4.79 Å². The molecule has 0 aliphatic carbocycles. The molecule has 160 valence electrons. The molecule has 1 atom stereocenters. The van der Waals surface area contributed by atoms with Gasteiger partial charge in [0.05, 0.1) is 11.5 Å². The first-order valence-electron chi connectivity index (χ1n) is 10.3. The van der Waals surface area contributed by atoms with Crippen molar-refractivity contribution in [1.82, 2.24) is 20.4 Å². The molecule has 0 saturated carbocycles. The lowest BCUT2D eigenvalue weighted by Crippen LogP contribution is -2.58. The first kappa shape index (κ1) is 22.9. The van der Waals surface area contributed by atoms with Gasteiger partial charge in [-0.3, -0.25) is 19.8 Å². The second-order valence-electron chi connectivity index (χ2n) is 8.59. The van der Waals surface area contributed by atoms with Crippen molar-refractivity contribution in [1.29, 1.82) is 0 Å². The zero-order chi connectivity index (χ0) is 21.6. The van der Waals surface area contributed by atoms with Crippen molar-refractivity contribution in [3.05, 3.63) is 35.9 Å². The van der Waals surface area contributed by atoms with E-state index in [9.17, 15) is 14.4 Å². The van der Waals surface area contributed by atoms with Gasteiger partial charge >= 0.3 is 6.03 Å². The Kier molecular flexibility index (Phi) is 7.79. The van der Waals surface area contributed by atoms with Crippen LogP contribution in [0.25, 0.3) is 0 Å². The quantitative estimate of drug-likeness (QED) is 0.762. The van der Waals surface area contributed by atoms with Crippen molar-refractivity contribution < 1.29 is 14.4 Å². The molecule has 2 rings (SSSR count). The molecule has 0 bridgehead atoms. The maximum atomic E-state index is 13.1. The number of carbonyl (C=O) groups excluding carboxylic acids is 3. The van der Waals surface area contributed by atoms with E-state index < -0.39 is 17.5 Å². The van der Waals surface area contributed by atoms with Gasteiger partial charge in [0.25, 0.3) is 0 Å². The minimum atomic E-state index is -0.596. The van der Waals surface area contributed by atoms with Crippen LogP contribution in [0, 0.1) is 5.92 Å². The van der Waals surface area contributed by atoms with Crippen LogP contribution >= 0.6 is 0 Å². The van der Waals surface area contributed by atoms with Gasteiger partial charge in [-0.05, 0) is 32.3 Å². The molecule has 1 heterocycles. The van der Waals surface area contributed by atoms with E-state index in [2.05, 4.69) is 10.6 Å². The van der Waals surface area contributed by atoms with Crippen molar-refractivity contribution in [2.24, 2.45) is 5.92 Å². The van der Waals surface area contributed by atoms with Crippen LogP contribution in [0.4, 0.5) is 4.79 Å². The number of urea groups is 1. The third-order valence-electron chi connectivity index (χ3n) is 5.47. The maximum Gasteiger partial charge on any atom is 0.321 e. The summed E-state index contributed by atoms with van der Waals surface area (Å²) in [7, 11) is 0. The Bertz CT molecular complexity index is 710. The van der Waals surface area contributed by atoms with Crippen LogP contribution in [0.2, 0.25) is 0 Å². The highest BCUT2D eigenvalue weighted by Crippen LogP contribution is 2.26. The van der Waals surface area contributed by atoms with Crippen LogP contribution in [0.5, 0.6) is 0 Å². The normalized spacial score (nSPS) is 16.4. The fraction of sp³-hybridized carbons (Fsp3) is 0.591. The molecule has 1 saturated heterocycles. The van der Waals surface area contributed by atoms with Crippen LogP contribution in [0.3, 0.4) is 0 Å². The minimum absolute atomic E-state index is 0.0912. The van der Waals surface area contributed by atoms with Crippen LogP contribution < -0.4 is 10.6 Å². The highest BCUT2D eigenvalue weighted by molar-refractivity contribution is 5.96. The SMILES string of the molecule is CC(C)CNC(=O)NC(=O)C(C)N1CCN(C(=O)C(C)(C)c2ccccc2)CC1. The van der Waals surface area contributed by atoms with Gasteiger partial charge in [0, 0.05) is 32.7 Å². The zero-order valence-corrected chi connectivity index (χ0v) is 18.2. The second kappa shape index (κ2) is 9.87. The number of carbonyl (C=O) groups is 3. The van der Waals surface area contributed by atoms with Gasteiger partial charge < -0.3 is 10.2 Å². The second-order valence-corrected chi connectivity index (χ2v) is 8.59. The fourth-order valence-corrected chi connectivity index (χ4v) is 3.41. The summed E-state index contributed by atoms with van der Waals surface area (Å²) < 4.78 is 0. The molecule has 4 amide bonds. The highest BCUT2D eigenvalue weighted by Gasteiger charge is 2.36. The van der Waals surface area contributed by atoms with Gasteiger partial charge in [-0.2, -0.15) is 0 Å². The lowest BCUT2D eigenvalue weighted by Gasteiger charge is -2.40. The molecule has 1 aliphatic rings. The van der Waals surface area contributed by atoms with E-state index in [1.165, 1.54) is 0 Å². The van der Waals surface area contributed by atoms with E-state index >= 15 is 0 Å². The Morgan fingerprint density at radius 3 is 2.14 bits per heavy atom. The molecule has 7 nitrogen and oxygen atoms in total. The number of nitrogens with zero attached hydrogens (tertiary/aromatic N) is 2. The van der Waals surface area contributed by atoms with Crippen molar-refractivity contribution in [3.8, 4) is 0 Å². The first-order valence-corrected chi connectivity index (χ1v) is 10.3. The summed E-state index contributed by atoms with van der Waals surface area (Å²) in [5.74, 6) is 0.0863. The maximum absolute atomic E-state index is 13.1. The molecule has 7 heteroatoms. The van der Waals surface area contributed by atoms with E-state index in [1.54, 1.807) is 6.92 Å².